The van der Waals surface area contributed by atoms with E-state index < -0.39 is 23.8 Å². The lowest BCUT2D eigenvalue weighted by molar-refractivity contribution is -0.110. The molecule has 2 unspecified atom stereocenters. The topological polar surface area (TPSA) is 106 Å². The molecule has 0 bridgehead atoms. The molecule has 0 spiro atoms. The second kappa shape index (κ2) is 8.33. The first-order valence-corrected chi connectivity index (χ1v) is 8.26. The number of pyridine rings is 1. The Hall–Kier alpha value is -3.09. The summed E-state index contributed by atoms with van der Waals surface area (Å²) in [7, 11) is 0. The van der Waals surface area contributed by atoms with Gasteiger partial charge in [-0.2, -0.15) is 0 Å². The van der Waals surface area contributed by atoms with Gasteiger partial charge in [-0.3, -0.25) is 0 Å². The zero-order valence-corrected chi connectivity index (χ0v) is 15.1. The van der Waals surface area contributed by atoms with Gasteiger partial charge in [0.05, 0.1) is 17.9 Å². The minimum absolute atomic E-state index is 0.530. The molecule has 0 aliphatic carbocycles. The minimum Gasteiger partial charge on any atom is -0.444 e. The van der Waals surface area contributed by atoms with Crippen LogP contribution in [0.25, 0.3) is 0 Å². The van der Waals surface area contributed by atoms with Gasteiger partial charge >= 0.3 is 6.09 Å². The largest absolute Gasteiger partial charge is 0.444 e. The zero-order chi connectivity index (χ0) is 19.2. The van der Waals surface area contributed by atoms with Crippen molar-refractivity contribution in [2.24, 2.45) is 0 Å². The van der Waals surface area contributed by atoms with E-state index in [1.165, 1.54) is 6.20 Å². The van der Waals surface area contributed by atoms with Crippen LogP contribution in [-0.4, -0.2) is 29.0 Å². The molecule has 1 heterocycles. The number of rotatable bonds is 6. The predicted molar refractivity (Wildman–Crippen MR) is 101 cm³/mol. The van der Waals surface area contributed by atoms with Gasteiger partial charge in [-0.1, -0.05) is 30.3 Å². The Labute approximate surface area is 153 Å². The van der Waals surface area contributed by atoms with Crippen molar-refractivity contribution in [2.45, 2.75) is 38.5 Å². The van der Waals surface area contributed by atoms with Crippen LogP contribution in [0.1, 0.15) is 32.4 Å². The SMILES string of the molecule is CC(C)(C)OC(=O)NC(C=O)C(Nc1ccc(N)cn1)c1ccccc1. The van der Waals surface area contributed by atoms with Crippen LogP contribution >= 0.6 is 0 Å². The normalized spacial score (nSPS) is 13.3. The standard InChI is InChI=1S/C19H24N4O3/c1-19(2,3)26-18(25)22-15(12-24)17(13-7-5-4-6-8-13)23-16-10-9-14(20)11-21-16/h4-12,15,17H,20H2,1-3H3,(H,21,23)(H,22,25). The van der Waals surface area contributed by atoms with Crippen LogP contribution in [0, 0.1) is 0 Å². The number of carbonyl (C=O) groups is 2. The lowest BCUT2D eigenvalue weighted by Gasteiger charge is -2.27. The number of ether oxygens (including phenoxy) is 1. The fourth-order valence-corrected chi connectivity index (χ4v) is 2.33. The molecular formula is C19H24N4O3. The molecule has 26 heavy (non-hydrogen) atoms. The Balaban J connectivity index is 2.24. The van der Waals surface area contributed by atoms with Gasteiger partial charge in [0.15, 0.2) is 0 Å². The molecule has 0 saturated carbocycles. The number of nitrogen functional groups attached to an aromatic ring is 1. The van der Waals surface area contributed by atoms with Gasteiger partial charge in [0.25, 0.3) is 0 Å². The van der Waals surface area contributed by atoms with Gasteiger partial charge < -0.3 is 25.9 Å². The summed E-state index contributed by atoms with van der Waals surface area (Å²) in [5.41, 5.74) is 6.35. The molecule has 0 fully saturated rings. The van der Waals surface area contributed by atoms with Crippen LogP contribution in [0.15, 0.2) is 48.7 Å². The van der Waals surface area contributed by atoms with E-state index in [-0.39, 0.29) is 0 Å². The lowest BCUT2D eigenvalue weighted by Crippen LogP contribution is -2.45. The lowest BCUT2D eigenvalue weighted by atomic mass is 10.00. The van der Waals surface area contributed by atoms with E-state index in [9.17, 15) is 9.59 Å². The third kappa shape index (κ3) is 5.77. The molecule has 1 aromatic carbocycles. The molecule has 2 aromatic rings. The molecule has 7 nitrogen and oxygen atoms in total. The Kier molecular flexibility index (Phi) is 6.16. The number of hydrogen-bond donors (Lipinski definition) is 3. The van der Waals surface area contributed by atoms with E-state index in [1.807, 2.05) is 30.3 Å². The molecule has 1 amide bonds. The Bertz CT molecular complexity index is 727. The van der Waals surface area contributed by atoms with Gasteiger partial charge in [-0.15, -0.1) is 0 Å². The van der Waals surface area contributed by atoms with Gasteiger partial charge in [-0.05, 0) is 38.5 Å². The average molecular weight is 356 g/mol. The number of alkyl carbamates (subject to hydrolysis) is 1. The highest BCUT2D eigenvalue weighted by Crippen LogP contribution is 2.22. The maximum Gasteiger partial charge on any atom is 0.408 e. The van der Waals surface area contributed by atoms with E-state index in [1.54, 1.807) is 32.9 Å². The van der Waals surface area contributed by atoms with Gasteiger partial charge in [0, 0.05) is 0 Å². The van der Waals surface area contributed by atoms with E-state index in [4.69, 9.17) is 10.5 Å². The summed E-state index contributed by atoms with van der Waals surface area (Å²) < 4.78 is 5.25. The highest BCUT2D eigenvalue weighted by atomic mass is 16.6. The number of nitrogens with one attached hydrogen (secondary N) is 2. The van der Waals surface area contributed by atoms with Crippen LogP contribution in [0.5, 0.6) is 0 Å². The van der Waals surface area contributed by atoms with Crippen LogP contribution < -0.4 is 16.4 Å². The van der Waals surface area contributed by atoms with Crippen molar-refractivity contribution in [3.63, 3.8) is 0 Å². The number of anilines is 2. The third-order valence-electron chi connectivity index (χ3n) is 3.44. The number of carbonyl (C=O) groups excluding carboxylic acids is 2. The maximum atomic E-state index is 12.1. The van der Waals surface area contributed by atoms with Crippen molar-refractivity contribution in [3.05, 3.63) is 54.2 Å². The molecule has 2 atom stereocenters. The fraction of sp³-hybridized carbons (Fsp3) is 0.316. The molecule has 138 valence electrons. The molecule has 1 aromatic heterocycles. The summed E-state index contributed by atoms with van der Waals surface area (Å²) in [5, 5.41) is 5.78. The van der Waals surface area contributed by atoms with Crippen molar-refractivity contribution in [1.29, 1.82) is 0 Å². The zero-order valence-electron chi connectivity index (χ0n) is 15.1. The molecule has 0 saturated heterocycles. The average Bonchev–Trinajstić information content (AvgIpc) is 2.59. The minimum atomic E-state index is -0.855. The first-order chi connectivity index (χ1) is 12.3. The van der Waals surface area contributed by atoms with Gasteiger partial charge in [0.2, 0.25) is 0 Å². The Morgan fingerprint density at radius 1 is 1.19 bits per heavy atom. The fourth-order valence-electron chi connectivity index (χ4n) is 2.33. The quantitative estimate of drug-likeness (QED) is 0.687. The highest BCUT2D eigenvalue weighted by Gasteiger charge is 2.27. The van der Waals surface area contributed by atoms with E-state index >= 15 is 0 Å². The van der Waals surface area contributed by atoms with Crippen molar-refractivity contribution in [2.75, 3.05) is 11.1 Å². The van der Waals surface area contributed by atoms with Crippen molar-refractivity contribution >= 4 is 23.9 Å². The second-order valence-corrected chi connectivity index (χ2v) is 6.82. The maximum absolute atomic E-state index is 12.1. The van der Waals surface area contributed by atoms with Gasteiger partial charge in [0.1, 0.15) is 23.7 Å². The number of benzene rings is 1. The monoisotopic (exact) mass is 356 g/mol. The summed E-state index contributed by atoms with van der Waals surface area (Å²) in [6, 6.07) is 11.3. The summed E-state index contributed by atoms with van der Waals surface area (Å²) >= 11 is 0. The summed E-state index contributed by atoms with van der Waals surface area (Å²) in [5.74, 6) is 0.533. The first kappa shape index (κ1) is 19.2. The Morgan fingerprint density at radius 2 is 1.88 bits per heavy atom. The molecule has 0 aliphatic rings. The number of amides is 1. The van der Waals surface area contributed by atoms with Crippen molar-refractivity contribution in [1.82, 2.24) is 10.3 Å². The number of nitrogens with two attached hydrogens (primary N) is 1. The molecule has 4 N–H and O–H groups in total. The smallest absolute Gasteiger partial charge is 0.408 e. The van der Waals surface area contributed by atoms with Gasteiger partial charge in [-0.25, -0.2) is 9.78 Å². The van der Waals surface area contributed by atoms with Crippen molar-refractivity contribution in [3.8, 4) is 0 Å². The highest BCUT2D eigenvalue weighted by molar-refractivity contribution is 5.74. The van der Waals surface area contributed by atoms with E-state index in [0.717, 1.165) is 5.56 Å². The van der Waals surface area contributed by atoms with Crippen LogP contribution in [0.4, 0.5) is 16.3 Å². The number of aromatic nitrogens is 1. The molecule has 0 radical (unpaired) electrons. The summed E-state index contributed by atoms with van der Waals surface area (Å²) in [6.45, 7) is 5.27. The third-order valence-corrected chi connectivity index (χ3v) is 3.44. The molecule has 0 aliphatic heterocycles. The van der Waals surface area contributed by atoms with E-state index in [0.29, 0.717) is 17.8 Å². The van der Waals surface area contributed by atoms with Crippen LogP contribution in [0.2, 0.25) is 0 Å². The molecule has 7 heteroatoms. The summed E-state index contributed by atoms with van der Waals surface area (Å²) in [6.07, 6.45) is 1.52. The van der Waals surface area contributed by atoms with E-state index in [2.05, 4.69) is 15.6 Å². The first-order valence-electron chi connectivity index (χ1n) is 8.26. The predicted octanol–water partition coefficient (Wildman–Crippen LogP) is 2.91. The number of hydrogen-bond acceptors (Lipinski definition) is 6. The summed E-state index contributed by atoms with van der Waals surface area (Å²) in [4.78, 5) is 28.0. The number of nitrogens with zero attached hydrogens (tertiary/aromatic N) is 1. The Morgan fingerprint density at radius 3 is 2.42 bits per heavy atom. The van der Waals surface area contributed by atoms with Crippen molar-refractivity contribution < 1.29 is 14.3 Å². The second-order valence-electron chi connectivity index (χ2n) is 6.82. The number of aldehydes is 1. The van der Waals surface area contributed by atoms with Crippen LogP contribution in [0.3, 0.4) is 0 Å². The molecular weight excluding hydrogens is 332 g/mol. The van der Waals surface area contributed by atoms with Crippen LogP contribution in [-0.2, 0) is 9.53 Å². The molecule has 2 rings (SSSR count).